The second-order valence-corrected chi connectivity index (χ2v) is 7.81. The first-order valence-electron chi connectivity index (χ1n) is 11.2. The van der Waals surface area contributed by atoms with E-state index >= 15 is 0 Å². The Labute approximate surface area is 197 Å². The van der Waals surface area contributed by atoms with E-state index in [1.807, 2.05) is 66.9 Å². The number of hydrogen-bond donors (Lipinski definition) is 3. The number of nitrogens with zero attached hydrogens (tertiary/aromatic N) is 2. The summed E-state index contributed by atoms with van der Waals surface area (Å²) in [5, 5.41) is 13.4. The summed E-state index contributed by atoms with van der Waals surface area (Å²) in [6.45, 7) is 1.57. The van der Waals surface area contributed by atoms with Crippen LogP contribution in [0, 0.1) is 0 Å². The molecule has 0 atom stereocenters. The molecule has 8 heteroatoms. The molecule has 1 aliphatic heterocycles. The van der Waals surface area contributed by atoms with Gasteiger partial charge in [0.25, 0.3) is 0 Å². The van der Waals surface area contributed by atoms with Crippen molar-refractivity contribution < 1.29 is 19.3 Å². The largest absolute Gasteiger partial charge is 0.493 e. The third-order valence-corrected chi connectivity index (χ3v) is 5.38. The Kier molecular flexibility index (Phi) is 6.69. The summed E-state index contributed by atoms with van der Waals surface area (Å²) in [5.74, 6) is 1.93. The monoisotopic (exact) mass is 458 g/mol. The molecule has 4 aromatic rings. The van der Waals surface area contributed by atoms with Crippen LogP contribution in [-0.4, -0.2) is 46.5 Å². The number of H-pyrrole nitrogens is 1. The van der Waals surface area contributed by atoms with Gasteiger partial charge < -0.3 is 29.6 Å². The van der Waals surface area contributed by atoms with Crippen molar-refractivity contribution in [2.45, 2.75) is 13.0 Å². The molecule has 5 rings (SSSR count). The number of aliphatic hydroxyl groups is 1. The van der Waals surface area contributed by atoms with Crippen LogP contribution in [-0.2, 0) is 11.3 Å². The Hall–Kier alpha value is -3.88. The van der Waals surface area contributed by atoms with E-state index in [9.17, 15) is 0 Å². The molecule has 0 saturated heterocycles. The number of hydrogen-bond acceptors (Lipinski definition) is 7. The average Bonchev–Trinajstić information content (AvgIpc) is 3.33. The van der Waals surface area contributed by atoms with E-state index < -0.39 is 0 Å². The molecule has 34 heavy (non-hydrogen) atoms. The van der Waals surface area contributed by atoms with Gasteiger partial charge in [0, 0.05) is 28.4 Å². The van der Waals surface area contributed by atoms with Crippen LogP contribution in [0.5, 0.6) is 11.5 Å². The predicted molar refractivity (Wildman–Crippen MR) is 131 cm³/mol. The van der Waals surface area contributed by atoms with Gasteiger partial charge in [-0.05, 0) is 42.8 Å². The second-order valence-electron chi connectivity index (χ2n) is 7.81. The highest BCUT2D eigenvalue weighted by atomic mass is 16.5. The van der Waals surface area contributed by atoms with Crippen molar-refractivity contribution >= 4 is 22.7 Å². The predicted octanol–water partition coefficient (Wildman–Crippen LogP) is 4.59. The van der Waals surface area contributed by atoms with Crippen molar-refractivity contribution in [2.24, 2.45) is 0 Å². The number of benzene rings is 2. The van der Waals surface area contributed by atoms with Gasteiger partial charge >= 0.3 is 0 Å². The summed E-state index contributed by atoms with van der Waals surface area (Å²) in [5.41, 5.74) is 4.17. The van der Waals surface area contributed by atoms with E-state index in [0.717, 1.165) is 45.7 Å². The molecule has 3 heterocycles. The Morgan fingerprint density at radius 1 is 1.06 bits per heavy atom. The first-order valence-corrected chi connectivity index (χ1v) is 11.2. The van der Waals surface area contributed by atoms with Crippen LogP contribution in [0.3, 0.4) is 0 Å². The number of nitrogens with one attached hydrogen (secondary N) is 2. The summed E-state index contributed by atoms with van der Waals surface area (Å²) in [6.07, 6.45) is 6.67. The van der Waals surface area contributed by atoms with Gasteiger partial charge in [0.05, 0.1) is 32.1 Å². The minimum absolute atomic E-state index is 0.0565. The van der Waals surface area contributed by atoms with Gasteiger partial charge in [-0.2, -0.15) is 4.98 Å². The molecule has 0 spiro atoms. The molecular weight excluding hydrogens is 432 g/mol. The van der Waals surface area contributed by atoms with Crippen molar-refractivity contribution in [3.8, 4) is 22.8 Å². The molecule has 6 bridgehead atoms. The van der Waals surface area contributed by atoms with Crippen LogP contribution in [0.1, 0.15) is 12.0 Å². The van der Waals surface area contributed by atoms with E-state index in [1.54, 1.807) is 0 Å². The molecule has 2 aromatic carbocycles. The maximum atomic E-state index is 9.15. The molecular formula is C26H26N4O4. The zero-order chi connectivity index (χ0) is 23.2. The lowest BCUT2D eigenvalue weighted by Crippen LogP contribution is -2.06. The Bertz CT molecular complexity index is 1300. The lowest BCUT2D eigenvalue weighted by molar-refractivity contribution is 0.142. The lowest BCUT2D eigenvalue weighted by atomic mass is 10.1. The van der Waals surface area contributed by atoms with E-state index in [0.29, 0.717) is 31.5 Å². The molecule has 0 fully saturated rings. The van der Waals surface area contributed by atoms with Gasteiger partial charge in [0.1, 0.15) is 23.8 Å². The number of rotatable bonds is 3. The lowest BCUT2D eigenvalue weighted by Gasteiger charge is -2.14. The summed E-state index contributed by atoms with van der Waals surface area (Å²) in [7, 11) is 0. The quantitative estimate of drug-likeness (QED) is 0.386. The standard InChI is InChI=1S/C26H26N4O4/c31-11-14-34-23-8-7-20-15-19(23)17-32-12-2-1-3-13-33-21-6-4-5-18(16-21)24-22-9-10-27-25(22)30-26(28-20)29-24/h1-2,4-10,15-16,31H,3,11-14,17H2,(H2,27,28,29,30)/b2-1+. The molecule has 2 aromatic heterocycles. The highest BCUT2D eigenvalue weighted by Crippen LogP contribution is 2.31. The fraction of sp³-hybridized carbons (Fsp3) is 0.231. The van der Waals surface area contributed by atoms with Crippen LogP contribution >= 0.6 is 0 Å². The third kappa shape index (κ3) is 5.03. The Morgan fingerprint density at radius 2 is 2.03 bits per heavy atom. The maximum Gasteiger partial charge on any atom is 0.229 e. The Morgan fingerprint density at radius 3 is 2.97 bits per heavy atom. The minimum Gasteiger partial charge on any atom is -0.493 e. The molecule has 0 saturated carbocycles. The molecule has 0 radical (unpaired) electrons. The number of fused-ring (bicyclic) bond motifs is 9. The number of anilines is 2. The van der Waals surface area contributed by atoms with Gasteiger partial charge in [0.15, 0.2) is 0 Å². The first kappa shape index (κ1) is 21.9. The van der Waals surface area contributed by atoms with Gasteiger partial charge in [-0.15, -0.1) is 0 Å². The van der Waals surface area contributed by atoms with E-state index in [2.05, 4.69) is 15.3 Å². The minimum atomic E-state index is -0.0565. The molecule has 3 N–H and O–H groups in total. The van der Waals surface area contributed by atoms with Crippen molar-refractivity contribution in [1.82, 2.24) is 15.0 Å². The molecule has 0 amide bonds. The number of aromatic nitrogens is 3. The molecule has 0 aliphatic carbocycles. The highest BCUT2D eigenvalue weighted by Gasteiger charge is 2.13. The van der Waals surface area contributed by atoms with Crippen LogP contribution in [0.25, 0.3) is 22.3 Å². The van der Waals surface area contributed by atoms with E-state index in [1.165, 1.54) is 0 Å². The van der Waals surface area contributed by atoms with Crippen LogP contribution in [0.15, 0.2) is 66.9 Å². The van der Waals surface area contributed by atoms with Crippen molar-refractivity contribution in [2.75, 3.05) is 31.7 Å². The number of ether oxygens (including phenoxy) is 3. The molecule has 0 unspecified atom stereocenters. The number of aromatic amines is 1. The van der Waals surface area contributed by atoms with Gasteiger partial charge in [-0.25, -0.2) is 4.98 Å². The first-order chi connectivity index (χ1) is 16.8. The topological polar surface area (TPSA) is 102 Å². The second kappa shape index (κ2) is 10.4. The maximum absolute atomic E-state index is 9.15. The van der Waals surface area contributed by atoms with E-state index in [4.69, 9.17) is 24.3 Å². The van der Waals surface area contributed by atoms with Crippen LogP contribution < -0.4 is 14.8 Å². The summed E-state index contributed by atoms with van der Waals surface area (Å²) in [6, 6.07) is 15.6. The SMILES string of the molecule is OCCOc1ccc2cc1COC/C=C/CCOc1cccc(c1)-c1nc(nc3[nH]ccc13)N2. The van der Waals surface area contributed by atoms with Gasteiger partial charge in [0.2, 0.25) is 5.95 Å². The van der Waals surface area contributed by atoms with Gasteiger partial charge in [-0.3, -0.25) is 0 Å². The fourth-order valence-electron chi connectivity index (χ4n) is 3.81. The van der Waals surface area contributed by atoms with Gasteiger partial charge in [-0.1, -0.05) is 24.3 Å². The zero-order valence-electron chi connectivity index (χ0n) is 18.7. The highest BCUT2D eigenvalue weighted by molar-refractivity contribution is 5.92. The summed E-state index contributed by atoms with van der Waals surface area (Å²) < 4.78 is 17.5. The fourth-order valence-corrected chi connectivity index (χ4v) is 3.81. The van der Waals surface area contributed by atoms with Crippen molar-refractivity contribution in [3.63, 3.8) is 0 Å². The smallest absolute Gasteiger partial charge is 0.229 e. The van der Waals surface area contributed by atoms with Crippen molar-refractivity contribution in [1.29, 1.82) is 0 Å². The van der Waals surface area contributed by atoms with Crippen LogP contribution in [0.2, 0.25) is 0 Å². The number of aliphatic hydroxyl groups excluding tert-OH is 1. The zero-order valence-corrected chi connectivity index (χ0v) is 18.7. The summed E-state index contributed by atoms with van der Waals surface area (Å²) >= 11 is 0. The normalized spacial score (nSPS) is 15.0. The third-order valence-electron chi connectivity index (χ3n) is 5.38. The average molecular weight is 459 g/mol. The van der Waals surface area contributed by atoms with E-state index in [-0.39, 0.29) is 13.2 Å². The van der Waals surface area contributed by atoms with Crippen molar-refractivity contribution in [3.05, 3.63) is 72.4 Å². The Balaban J connectivity index is 1.56. The molecule has 174 valence electrons. The van der Waals surface area contributed by atoms with Crippen LogP contribution in [0.4, 0.5) is 11.6 Å². The molecule has 1 aliphatic rings. The molecule has 8 nitrogen and oxygen atoms in total. The summed E-state index contributed by atoms with van der Waals surface area (Å²) in [4.78, 5) is 12.7.